The van der Waals surface area contributed by atoms with Crippen molar-refractivity contribution in [1.82, 2.24) is 4.90 Å². The molecule has 0 unspecified atom stereocenters. The second-order valence-corrected chi connectivity index (χ2v) is 5.08. The molecule has 0 heterocycles. The molecule has 0 aliphatic heterocycles. The van der Waals surface area contributed by atoms with Crippen LogP contribution in [0.25, 0.3) is 0 Å². The molecule has 0 fully saturated rings. The maximum Gasteiger partial charge on any atom is 0.333 e. The fraction of sp³-hybridized carbons (Fsp3) is 0.438. The summed E-state index contributed by atoms with van der Waals surface area (Å²) in [6.45, 7) is 6.60. The first-order valence-electron chi connectivity index (χ1n) is 6.54. The normalized spacial score (nSPS) is 10.5. The van der Waals surface area contributed by atoms with Crippen LogP contribution in [0.4, 0.5) is 0 Å². The van der Waals surface area contributed by atoms with E-state index in [0.29, 0.717) is 12.2 Å². The third-order valence-corrected chi connectivity index (χ3v) is 2.68. The number of carbonyl (C=O) groups is 1. The van der Waals surface area contributed by atoms with Crippen molar-refractivity contribution in [2.75, 3.05) is 20.7 Å². The quantitative estimate of drug-likeness (QED) is 0.429. The number of nitrogens with zero attached hydrogens (tertiary/aromatic N) is 1. The SMILES string of the molecule is C=C(C)C(=O)OCCCc1cccc(CN(C)C)c1. The number of aryl methyl sites for hydroxylation is 1. The third-order valence-electron chi connectivity index (χ3n) is 2.68. The van der Waals surface area contributed by atoms with Crippen molar-refractivity contribution < 1.29 is 9.53 Å². The van der Waals surface area contributed by atoms with Crippen molar-refractivity contribution >= 4 is 5.97 Å². The highest BCUT2D eigenvalue weighted by molar-refractivity contribution is 5.86. The Morgan fingerprint density at radius 3 is 2.63 bits per heavy atom. The Bertz CT molecular complexity index is 438. The lowest BCUT2D eigenvalue weighted by Crippen LogP contribution is -2.10. The average Bonchev–Trinajstić information content (AvgIpc) is 2.34. The molecule has 0 aromatic heterocycles. The van der Waals surface area contributed by atoms with Gasteiger partial charge >= 0.3 is 5.97 Å². The molecule has 3 heteroatoms. The second kappa shape index (κ2) is 7.74. The van der Waals surface area contributed by atoms with Gasteiger partial charge in [0.25, 0.3) is 0 Å². The summed E-state index contributed by atoms with van der Waals surface area (Å²) in [6, 6.07) is 8.53. The fourth-order valence-electron chi connectivity index (χ4n) is 1.81. The molecule has 1 rings (SSSR count). The van der Waals surface area contributed by atoms with Crippen LogP contribution < -0.4 is 0 Å². The Balaban J connectivity index is 2.37. The zero-order chi connectivity index (χ0) is 14.3. The Kier molecular flexibility index (Phi) is 6.30. The van der Waals surface area contributed by atoms with E-state index in [0.717, 1.165) is 19.4 Å². The summed E-state index contributed by atoms with van der Waals surface area (Å²) in [4.78, 5) is 13.3. The minimum Gasteiger partial charge on any atom is -0.462 e. The molecule has 0 saturated heterocycles. The standard InChI is InChI=1S/C16H23NO2/c1-13(2)16(18)19-10-6-9-14-7-5-8-15(11-14)12-17(3)4/h5,7-8,11H,1,6,9-10,12H2,2-4H3. The van der Waals surface area contributed by atoms with Gasteiger partial charge in [-0.1, -0.05) is 30.8 Å². The third kappa shape index (κ3) is 6.20. The number of carbonyl (C=O) groups excluding carboxylic acids is 1. The van der Waals surface area contributed by atoms with E-state index >= 15 is 0 Å². The summed E-state index contributed by atoms with van der Waals surface area (Å²) in [7, 11) is 4.12. The van der Waals surface area contributed by atoms with E-state index in [2.05, 4.69) is 49.8 Å². The summed E-state index contributed by atoms with van der Waals surface area (Å²) in [5.41, 5.74) is 3.04. The Morgan fingerprint density at radius 2 is 2.00 bits per heavy atom. The van der Waals surface area contributed by atoms with Gasteiger partial charge in [-0.25, -0.2) is 4.79 Å². The molecule has 104 valence electrons. The number of hydrogen-bond donors (Lipinski definition) is 0. The lowest BCUT2D eigenvalue weighted by molar-refractivity contribution is -0.139. The summed E-state index contributed by atoms with van der Waals surface area (Å²) in [6.07, 6.45) is 1.76. The Hall–Kier alpha value is -1.61. The van der Waals surface area contributed by atoms with Gasteiger partial charge in [-0.05, 0) is 45.0 Å². The van der Waals surface area contributed by atoms with Gasteiger partial charge in [0, 0.05) is 12.1 Å². The van der Waals surface area contributed by atoms with Gasteiger partial charge in [-0.15, -0.1) is 0 Å². The van der Waals surface area contributed by atoms with Crippen molar-refractivity contribution in [2.24, 2.45) is 0 Å². The molecular weight excluding hydrogens is 238 g/mol. The van der Waals surface area contributed by atoms with Crippen molar-refractivity contribution in [1.29, 1.82) is 0 Å². The largest absolute Gasteiger partial charge is 0.462 e. The summed E-state index contributed by atoms with van der Waals surface area (Å²) < 4.78 is 5.07. The van der Waals surface area contributed by atoms with Crippen LogP contribution in [-0.4, -0.2) is 31.6 Å². The van der Waals surface area contributed by atoms with Crippen LogP contribution in [0.5, 0.6) is 0 Å². The molecule has 0 amide bonds. The highest BCUT2D eigenvalue weighted by Crippen LogP contribution is 2.09. The van der Waals surface area contributed by atoms with Crippen LogP contribution >= 0.6 is 0 Å². The molecule has 0 aliphatic rings. The second-order valence-electron chi connectivity index (χ2n) is 5.08. The molecule has 0 atom stereocenters. The van der Waals surface area contributed by atoms with Gasteiger partial charge in [0.1, 0.15) is 0 Å². The highest BCUT2D eigenvalue weighted by atomic mass is 16.5. The minimum atomic E-state index is -0.304. The van der Waals surface area contributed by atoms with E-state index in [1.165, 1.54) is 11.1 Å². The Labute approximate surface area is 115 Å². The van der Waals surface area contributed by atoms with Crippen LogP contribution in [0.1, 0.15) is 24.5 Å². The lowest BCUT2D eigenvalue weighted by Gasteiger charge is -2.11. The predicted octanol–water partition coefficient (Wildman–Crippen LogP) is 2.80. The van der Waals surface area contributed by atoms with Gasteiger partial charge in [-0.3, -0.25) is 0 Å². The first-order chi connectivity index (χ1) is 8.99. The zero-order valence-corrected chi connectivity index (χ0v) is 12.1. The van der Waals surface area contributed by atoms with Gasteiger partial charge in [0.15, 0.2) is 0 Å². The number of hydrogen-bond acceptors (Lipinski definition) is 3. The predicted molar refractivity (Wildman–Crippen MR) is 77.9 cm³/mol. The van der Waals surface area contributed by atoms with Crippen LogP contribution in [0.3, 0.4) is 0 Å². The molecular formula is C16H23NO2. The molecule has 0 bridgehead atoms. The van der Waals surface area contributed by atoms with Gasteiger partial charge < -0.3 is 9.64 Å². The highest BCUT2D eigenvalue weighted by Gasteiger charge is 2.03. The number of ether oxygens (including phenoxy) is 1. The van der Waals surface area contributed by atoms with Crippen LogP contribution in [0.2, 0.25) is 0 Å². The topological polar surface area (TPSA) is 29.5 Å². The fourth-order valence-corrected chi connectivity index (χ4v) is 1.81. The van der Waals surface area contributed by atoms with E-state index in [1.54, 1.807) is 6.92 Å². The monoisotopic (exact) mass is 261 g/mol. The van der Waals surface area contributed by atoms with Crippen molar-refractivity contribution in [3.05, 3.63) is 47.5 Å². The van der Waals surface area contributed by atoms with Crippen molar-refractivity contribution in [2.45, 2.75) is 26.3 Å². The summed E-state index contributed by atoms with van der Waals surface area (Å²) in [5.74, 6) is -0.304. The smallest absolute Gasteiger partial charge is 0.333 e. The Morgan fingerprint density at radius 1 is 1.32 bits per heavy atom. The molecule has 0 aliphatic carbocycles. The van der Waals surface area contributed by atoms with Crippen LogP contribution in [0, 0.1) is 0 Å². The number of esters is 1. The summed E-state index contributed by atoms with van der Waals surface area (Å²) >= 11 is 0. The van der Waals surface area contributed by atoms with Gasteiger partial charge in [0.05, 0.1) is 6.61 Å². The zero-order valence-electron chi connectivity index (χ0n) is 12.1. The van der Waals surface area contributed by atoms with Crippen LogP contribution in [0.15, 0.2) is 36.4 Å². The van der Waals surface area contributed by atoms with E-state index in [-0.39, 0.29) is 5.97 Å². The van der Waals surface area contributed by atoms with E-state index in [4.69, 9.17) is 4.74 Å². The molecule has 19 heavy (non-hydrogen) atoms. The number of benzene rings is 1. The minimum absolute atomic E-state index is 0.304. The van der Waals surface area contributed by atoms with E-state index in [1.807, 2.05) is 0 Å². The van der Waals surface area contributed by atoms with Crippen molar-refractivity contribution in [3.63, 3.8) is 0 Å². The molecule has 0 radical (unpaired) electrons. The van der Waals surface area contributed by atoms with Gasteiger partial charge in [-0.2, -0.15) is 0 Å². The van der Waals surface area contributed by atoms with E-state index < -0.39 is 0 Å². The first kappa shape index (κ1) is 15.4. The van der Waals surface area contributed by atoms with Crippen LogP contribution in [-0.2, 0) is 22.5 Å². The molecule has 1 aromatic carbocycles. The van der Waals surface area contributed by atoms with Gasteiger partial charge in [0.2, 0.25) is 0 Å². The molecule has 1 aromatic rings. The first-order valence-corrected chi connectivity index (χ1v) is 6.54. The molecule has 0 saturated carbocycles. The lowest BCUT2D eigenvalue weighted by atomic mass is 10.1. The average molecular weight is 261 g/mol. The molecule has 0 N–H and O–H groups in total. The maximum absolute atomic E-state index is 11.2. The number of rotatable bonds is 7. The van der Waals surface area contributed by atoms with Crippen molar-refractivity contribution in [3.8, 4) is 0 Å². The van der Waals surface area contributed by atoms with E-state index in [9.17, 15) is 4.79 Å². The maximum atomic E-state index is 11.2. The molecule has 3 nitrogen and oxygen atoms in total. The molecule has 0 spiro atoms. The summed E-state index contributed by atoms with van der Waals surface area (Å²) in [5, 5.41) is 0.